The molecule has 0 radical (unpaired) electrons. The van der Waals surface area contributed by atoms with E-state index in [1.54, 1.807) is 7.11 Å². The van der Waals surface area contributed by atoms with Crippen molar-refractivity contribution in [3.05, 3.63) is 17.1 Å². The first-order valence-corrected chi connectivity index (χ1v) is 5.32. The summed E-state index contributed by atoms with van der Waals surface area (Å²) in [4.78, 5) is 8.86. The normalized spacial score (nSPS) is 10.4. The monoisotopic (exact) mass is 209 g/mol. The fourth-order valence-corrected chi connectivity index (χ4v) is 1.49. The van der Waals surface area contributed by atoms with Crippen molar-refractivity contribution in [2.75, 3.05) is 19.0 Å². The van der Waals surface area contributed by atoms with Crippen LogP contribution in [-0.4, -0.2) is 23.6 Å². The number of ether oxygens (including phenoxy) is 1. The highest BCUT2D eigenvalue weighted by Crippen LogP contribution is 2.16. The van der Waals surface area contributed by atoms with Gasteiger partial charge in [0.05, 0.1) is 0 Å². The molecule has 0 aliphatic rings. The molecule has 15 heavy (non-hydrogen) atoms. The van der Waals surface area contributed by atoms with Crippen molar-refractivity contribution in [3.8, 4) is 0 Å². The van der Waals surface area contributed by atoms with Gasteiger partial charge < -0.3 is 10.1 Å². The third-order valence-corrected chi connectivity index (χ3v) is 2.25. The quantitative estimate of drug-likeness (QED) is 0.805. The van der Waals surface area contributed by atoms with Crippen molar-refractivity contribution >= 4 is 5.82 Å². The van der Waals surface area contributed by atoms with Crippen molar-refractivity contribution in [2.24, 2.45) is 0 Å². The molecule has 4 heteroatoms. The van der Waals surface area contributed by atoms with E-state index in [1.165, 1.54) is 0 Å². The van der Waals surface area contributed by atoms with Crippen molar-refractivity contribution < 1.29 is 4.74 Å². The van der Waals surface area contributed by atoms with Gasteiger partial charge in [-0.15, -0.1) is 0 Å². The second-order valence-corrected chi connectivity index (χ2v) is 3.38. The molecule has 1 N–H and O–H groups in total. The van der Waals surface area contributed by atoms with Crippen LogP contribution in [0.15, 0.2) is 0 Å². The summed E-state index contributed by atoms with van der Waals surface area (Å²) in [7, 11) is 1.65. The minimum absolute atomic E-state index is 0.464. The molecule has 0 aliphatic carbocycles. The van der Waals surface area contributed by atoms with Gasteiger partial charge >= 0.3 is 0 Å². The maximum atomic E-state index is 5.05. The highest BCUT2D eigenvalue weighted by atomic mass is 16.5. The van der Waals surface area contributed by atoms with E-state index >= 15 is 0 Å². The van der Waals surface area contributed by atoms with E-state index in [0.717, 1.165) is 35.9 Å². The lowest BCUT2D eigenvalue weighted by atomic mass is 10.2. The zero-order valence-electron chi connectivity index (χ0n) is 9.92. The number of aromatic nitrogens is 2. The predicted octanol–water partition coefficient (Wildman–Crippen LogP) is 1.93. The van der Waals surface area contributed by atoms with E-state index < -0.39 is 0 Å². The molecule has 0 saturated carbocycles. The third kappa shape index (κ3) is 2.89. The van der Waals surface area contributed by atoms with E-state index in [9.17, 15) is 0 Å². The first kappa shape index (κ1) is 11.9. The third-order valence-electron chi connectivity index (χ3n) is 2.25. The molecule has 0 amide bonds. The van der Waals surface area contributed by atoms with Crippen LogP contribution in [0.2, 0.25) is 0 Å². The van der Waals surface area contributed by atoms with Crippen molar-refractivity contribution in [3.63, 3.8) is 0 Å². The first-order valence-electron chi connectivity index (χ1n) is 5.32. The average Bonchev–Trinajstić information content (AvgIpc) is 2.23. The number of methoxy groups -OCH3 is 1. The molecule has 0 fully saturated rings. The minimum atomic E-state index is 0.464. The standard InChI is InChI=1S/C11H19N3O/c1-5-9-8(3)11(12-6-2)14-10(13-9)7-15-4/h5-7H2,1-4H3,(H,12,13,14). The van der Waals surface area contributed by atoms with Crippen LogP contribution in [0.4, 0.5) is 5.82 Å². The fraction of sp³-hybridized carbons (Fsp3) is 0.636. The van der Waals surface area contributed by atoms with Gasteiger partial charge in [-0.2, -0.15) is 0 Å². The smallest absolute Gasteiger partial charge is 0.156 e. The van der Waals surface area contributed by atoms with Gasteiger partial charge in [0.2, 0.25) is 0 Å². The van der Waals surface area contributed by atoms with Gasteiger partial charge in [-0.1, -0.05) is 6.92 Å². The Bertz CT molecular complexity index is 326. The summed E-state index contributed by atoms with van der Waals surface area (Å²) in [6.07, 6.45) is 0.920. The Morgan fingerprint density at radius 1 is 1.27 bits per heavy atom. The molecule has 84 valence electrons. The van der Waals surface area contributed by atoms with Gasteiger partial charge in [0, 0.05) is 24.9 Å². The van der Waals surface area contributed by atoms with Crippen molar-refractivity contribution in [2.45, 2.75) is 33.8 Å². The Kier molecular flexibility index (Phi) is 4.49. The van der Waals surface area contributed by atoms with Crippen LogP contribution in [0.5, 0.6) is 0 Å². The topological polar surface area (TPSA) is 47.0 Å². The highest BCUT2D eigenvalue weighted by molar-refractivity contribution is 5.45. The number of anilines is 1. The maximum Gasteiger partial charge on any atom is 0.156 e. The molecule has 0 aromatic carbocycles. The Morgan fingerprint density at radius 3 is 2.53 bits per heavy atom. The zero-order chi connectivity index (χ0) is 11.3. The van der Waals surface area contributed by atoms with E-state index in [2.05, 4.69) is 29.1 Å². The highest BCUT2D eigenvalue weighted by Gasteiger charge is 2.08. The van der Waals surface area contributed by atoms with Crippen LogP contribution < -0.4 is 5.32 Å². The van der Waals surface area contributed by atoms with Crippen LogP contribution in [-0.2, 0) is 17.8 Å². The van der Waals surface area contributed by atoms with E-state index in [-0.39, 0.29) is 0 Å². The molecule has 1 heterocycles. The SMILES string of the molecule is CCNc1nc(COC)nc(CC)c1C. The molecule has 1 aromatic heterocycles. The lowest BCUT2D eigenvalue weighted by molar-refractivity contribution is 0.177. The zero-order valence-corrected chi connectivity index (χ0v) is 9.92. The lowest BCUT2D eigenvalue weighted by Crippen LogP contribution is -2.09. The lowest BCUT2D eigenvalue weighted by Gasteiger charge is -2.11. The number of rotatable bonds is 5. The van der Waals surface area contributed by atoms with Gasteiger partial charge in [0.1, 0.15) is 12.4 Å². The molecule has 0 unspecified atom stereocenters. The second-order valence-electron chi connectivity index (χ2n) is 3.38. The summed E-state index contributed by atoms with van der Waals surface area (Å²) < 4.78 is 5.05. The summed E-state index contributed by atoms with van der Waals surface area (Å²) >= 11 is 0. The molecule has 1 rings (SSSR count). The summed E-state index contributed by atoms with van der Waals surface area (Å²) in [5.41, 5.74) is 2.23. The second kappa shape index (κ2) is 5.66. The molecule has 0 aliphatic heterocycles. The molecular weight excluding hydrogens is 190 g/mol. The molecule has 0 bridgehead atoms. The van der Waals surface area contributed by atoms with Gasteiger partial charge in [0.25, 0.3) is 0 Å². The Labute approximate surface area is 91.1 Å². The fourth-order valence-electron chi connectivity index (χ4n) is 1.49. The number of nitrogens with zero attached hydrogens (tertiary/aromatic N) is 2. The molecule has 0 spiro atoms. The molecule has 0 saturated heterocycles. The van der Waals surface area contributed by atoms with Crippen LogP contribution in [0.3, 0.4) is 0 Å². The average molecular weight is 209 g/mol. The number of aryl methyl sites for hydroxylation is 1. The maximum absolute atomic E-state index is 5.05. The van der Waals surface area contributed by atoms with Gasteiger partial charge in [-0.25, -0.2) is 9.97 Å². The van der Waals surface area contributed by atoms with Crippen molar-refractivity contribution in [1.29, 1.82) is 0 Å². The van der Waals surface area contributed by atoms with E-state index in [0.29, 0.717) is 6.61 Å². The summed E-state index contributed by atoms with van der Waals surface area (Å²) in [6, 6.07) is 0. The first-order chi connectivity index (χ1) is 7.22. The predicted molar refractivity (Wildman–Crippen MR) is 61.0 cm³/mol. The number of hydrogen-bond donors (Lipinski definition) is 1. The van der Waals surface area contributed by atoms with Crippen LogP contribution in [0.1, 0.15) is 30.9 Å². The van der Waals surface area contributed by atoms with Gasteiger partial charge in [-0.05, 0) is 20.3 Å². The number of hydrogen-bond acceptors (Lipinski definition) is 4. The Balaban J connectivity index is 3.07. The summed E-state index contributed by atoms with van der Waals surface area (Å²) in [5, 5.41) is 3.24. The Morgan fingerprint density at radius 2 is 2.00 bits per heavy atom. The largest absolute Gasteiger partial charge is 0.377 e. The van der Waals surface area contributed by atoms with E-state index in [1.807, 2.05) is 6.92 Å². The van der Waals surface area contributed by atoms with Crippen LogP contribution >= 0.6 is 0 Å². The van der Waals surface area contributed by atoms with Crippen LogP contribution in [0, 0.1) is 6.92 Å². The number of nitrogens with one attached hydrogen (secondary N) is 1. The molecule has 4 nitrogen and oxygen atoms in total. The van der Waals surface area contributed by atoms with Gasteiger partial charge in [-0.3, -0.25) is 0 Å². The molecule has 1 aromatic rings. The van der Waals surface area contributed by atoms with Gasteiger partial charge in [0.15, 0.2) is 5.82 Å². The summed E-state index contributed by atoms with van der Waals surface area (Å²) in [6.45, 7) is 7.54. The van der Waals surface area contributed by atoms with E-state index in [4.69, 9.17) is 4.74 Å². The van der Waals surface area contributed by atoms with Crippen molar-refractivity contribution in [1.82, 2.24) is 9.97 Å². The summed E-state index contributed by atoms with van der Waals surface area (Å²) in [5.74, 6) is 1.67. The minimum Gasteiger partial charge on any atom is -0.377 e. The molecule has 0 atom stereocenters. The molecular formula is C11H19N3O. The Hall–Kier alpha value is -1.16. The van der Waals surface area contributed by atoms with Crippen LogP contribution in [0.25, 0.3) is 0 Å².